The maximum atomic E-state index is 9.30. The first-order chi connectivity index (χ1) is 6.29. The molecule has 2 N–H and O–H groups in total. The van der Waals surface area contributed by atoms with Gasteiger partial charge in [-0.25, -0.2) is 5.01 Å². The minimum atomic E-state index is 0.383. The van der Waals surface area contributed by atoms with Crippen molar-refractivity contribution in [2.24, 2.45) is 5.10 Å². The lowest BCUT2D eigenvalue weighted by molar-refractivity contribution is -0.124. The van der Waals surface area contributed by atoms with E-state index in [2.05, 4.69) is 23.3 Å². The molecule has 1 aliphatic heterocycles. The SMILES string of the molecule is ON1NN=C(S)N1c1ccccc1. The first-order valence-electron chi connectivity index (χ1n) is 3.65. The second-order valence-corrected chi connectivity index (χ2v) is 2.85. The third kappa shape index (κ3) is 1.46. The van der Waals surface area contributed by atoms with Crippen LogP contribution in [0, 0.1) is 0 Å². The molecule has 0 radical (unpaired) electrons. The molecule has 0 atom stereocenters. The molecule has 1 aromatic rings. The highest BCUT2D eigenvalue weighted by atomic mass is 32.1. The van der Waals surface area contributed by atoms with Crippen LogP contribution in [-0.2, 0) is 0 Å². The standard InChI is InChI=1S/C7H8N4OS/c12-11-9-8-7(13)10(11)6-4-2-1-3-5-6/h1-5,9,12H,(H,8,13). The van der Waals surface area contributed by atoms with Crippen LogP contribution < -0.4 is 10.5 Å². The smallest absolute Gasteiger partial charge is 0.204 e. The summed E-state index contributed by atoms with van der Waals surface area (Å²) in [5.74, 6) is 0. The average Bonchev–Trinajstić information content (AvgIpc) is 2.48. The van der Waals surface area contributed by atoms with Gasteiger partial charge in [0.1, 0.15) is 0 Å². The number of hydrogen-bond donors (Lipinski definition) is 3. The molecular formula is C7H8N4OS. The summed E-state index contributed by atoms with van der Waals surface area (Å²) < 4.78 is 0. The van der Waals surface area contributed by atoms with Gasteiger partial charge in [-0.2, -0.15) is 5.53 Å². The van der Waals surface area contributed by atoms with E-state index in [9.17, 15) is 5.21 Å². The van der Waals surface area contributed by atoms with Crippen molar-refractivity contribution < 1.29 is 5.21 Å². The van der Waals surface area contributed by atoms with Gasteiger partial charge >= 0.3 is 0 Å². The van der Waals surface area contributed by atoms with Crippen LogP contribution in [0.2, 0.25) is 0 Å². The molecular weight excluding hydrogens is 188 g/mol. The van der Waals surface area contributed by atoms with E-state index in [1.807, 2.05) is 30.3 Å². The lowest BCUT2D eigenvalue weighted by atomic mass is 10.3. The van der Waals surface area contributed by atoms with E-state index < -0.39 is 0 Å². The largest absolute Gasteiger partial charge is 0.275 e. The zero-order chi connectivity index (χ0) is 9.26. The van der Waals surface area contributed by atoms with Crippen molar-refractivity contribution in [2.45, 2.75) is 0 Å². The van der Waals surface area contributed by atoms with Crippen LogP contribution in [0.3, 0.4) is 0 Å². The minimum Gasteiger partial charge on any atom is -0.275 e. The molecule has 0 unspecified atom stereocenters. The number of anilines is 1. The monoisotopic (exact) mass is 196 g/mol. The molecule has 68 valence electrons. The normalized spacial score (nSPS) is 17.1. The Hall–Kier alpha value is -1.24. The lowest BCUT2D eigenvalue weighted by Crippen LogP contribution is -2.42. The Kier molecular flexibility index (Phi) is 2.09. The number of benzene rings is 1. The van der Waals surface area contributed by atoms with Gasteiger partial charge in [-0.05, 0) is 12.1 Å². The zero-order valence-corrected chi connectivity index (χ0v) is 7.52. The van der Waals surface area contributed by atoms with Crippen molar-refractivity contribution in [3.63, 3.8) is 0 Å². The molecule has 0 spiro atoms. The maximum absolute atomic E-state index is 9.30. The molecule has 1 aromatic carbocycles. The number of hydrazine groups is 2. The van der Waals surface area contributed by atoms with Gasteiger partial charge in [0.15, 0.2) is 0 Å². The van der Waals surface area contributed by atoms with Gasteiger partial charge in [0.05, 0.1) is 5.69 Å². The van der Waals surface area contributed by atoms with Crippen LogP contribution in [-0.4, -0.2) is 15.7 Å². The second kappa shape index (κ2) is 3.25. The fraction of sp³-hybridized carbons (Fsp3) is 0. The fourth-order valence-corrected chi connectivity index (χ4v) is 1.31. The fourth-order valence-electron chi connectivity index (χ4n) is 1.06. The molecule has 0 aromatic heterocycles. The molecule has 0 fully saturated rings. The van der Waals surface area contributed by atoms with E-state index >= 15 is 0 Å². The number of para-hydroxylation sites is 1. The number of rotatable bonds is 1. The van der Waals surface area contributed by atoms with Crippen molar-refractivity contribution in [2.75, 3.05) is 5.01 Å². The summed E-state index contributed by atoms with van der Waals surface area (Å²) >= 11 is 4.07. The molecule has 0 saturated heterocycles. The van der Waals surface area contributed by atoms with Gasteiger partial charge < -0.3 is 0 Å². The van der Waals surface area contributed by atoms with Crippen LogP contribution in [0.1, 0.15) is 0 Å². The second-order valence-electron chi connectivity index (χ2n) is 2.45. The Morgan fingerprint density at radius 3 is 2.54 bits per heavy atom. The predicted octanol–water partition coefficient (Wildman–Crippen LogP) is 0.818. The molecule has 0 saturated carbocycles. The summed E-state index contributed by atoms with van der Waals surface area (Å²) in [5, 5.41) is 15.6. The summed E-state index contributed by atoms with van der Waals surface area (Å²) in [4.78, 5) is 0. The van der Waals surface area contributed by atoms with Crippen LogP contribution in [0.25, 0.3) is 0 Å². The summed E-state index contributed by atoms with van der Waals surface area (Å²) in [5.41, 5.74) is 3.13. The number of hydrogen-bond acceptors (Lipinski definition) is 5. The Morgan fingerprint density at radius 1 is 1.31 bits per heavy atom. The van der Waals surface area contributed by atoms with E-state index in [0.29, 0.717) is 5.17 Å². The molecule has 2 rings (SSSR count). The van der Waals surface area contributed by atoms with E-state index in [4.69, 9.17) is 0 Å². The highest BCUT2D eigenvalue weighted by molar-refractivity contribution is 7.97. The number of amidine groups is 1. The van der Waals surface area contributed by atoms with E-state index in [0.717, 1.165) is 11.0 Å². The summed E-state index contributed by atoms with van der Waals surface area (Å²) in [6.07, 6.45) is 0. The predicted molar refractivity (Wildman–Crippen MR) is 52.1 cm³/mol. The summed E-state index contributed by atoms with van der Waals surface area (Å²) in [7, 11) is 0. The highest BCUT2D eigenvalue weighted by Crippen LogP contribution is 2.18. The Balaban J connectivity index is 2.31. The Labute approximate surface area is 80.6 Å². The molecule has 6 heteroatoms. The zero-order valence-electron chi connectivity index (χ0n) is 6.62. The third-order valence-electron chi connectivity index (χ3n) is 1.62. The molecule has 1 aliphatic rings. The third-order valence-corrected chi connectivity index (χ3v) is 1.91. The van der Waals surface area contributed by atoms with Gasteiger partial charge in [0.25, 0.3) is 0 Å². The number of thiol groups is 1. The Bertz CT molecular complexity index is 329. The molecule has 0 aliphatic carbocycles. The Morgan fingerprint density at radius 2 is 2.00 bits per heavy atom. The van der Waals surface area contributed by atoms with Crippen molar-refractivity contribution in [3.8, 4) is 0 Å². The minimum absolute atomic E-state index is 0.383. The van der Waals surface area contributed by atoms with Crippen LogP contribution >= 0.6 is 12.6 Å². The van der Waals surface area contributed by atoms with Crippen molar-refractivity contribution in [1.82, 2.24) is 10.8 Å². The highest BCUT2D eigenvalue weighted by Gasteiger charge is 2.22. The molecule has 13 heavy (non-hydrogen) atoms. The number of hydrazone groups is 1. The molecule has 0 bridgehead atoms. The summed E-state index contributed by atoms with van der Waals surface area (Å²) in [6, 6.07) is 9.29. The lowest BCUT2D eigenvalue weighted by Gasteiger charge is -2.21. The van der Waals surface area contributed by atoms with Crippen molar-refractivity contribution >= 4 is 23.5 Å². The van der Waals surface area contributed by atoms with E-state index in [1.165, 1.54) is 5.01 Å². The van der Waals surface area contributed by atoms with Gasteiger partial charge in [0.2, 0.25) is 5.17 Å². The van der Waals surface area contributed by atoms with Crippen molar-refractivity contribution in [1.29, 1.82) is 0 Å². The van der Waals surface area contributed by atoms with Crippen molar-refractivity contribution in [3.05, 3.63) is 30.3 Å². The maximum Gasteiger partial charge on any atom is 0.204 e. The van der Waals surface area contributed by atoms with Gasteiger partial charge in [-0.15, -0.1) is 17.7 Å². The van der Waals surface area contributed by atoms with E-state index in [-0.39, 0.29) is 0 Å². The van der Waals surface area contributed by atoms with Gasteiger partial charge in [-0.3, -0.25) is 5.21 Å². The van der Waals surface area contributed by atoms with Crippen LogP contribution in [0.4, 0.5) is 5.69 Å². The van der Waals surface area contributed by atoms with E-state index in [1.54, 1.807) is 0 Å². The molecule has 0 amide bonds. The summed E-state index contributed by atoms with van der Waals surface area (Å²) in [6.45, 7) is 0. The van der Waals surface area contributed by atoms with Crippen LogP contribution in [0.5, 0.6) is 0 Å². The first-order valence-corrected chi connectivity index (χ1v) is 4.10. The molecule has 1 heterocycles. The average molecular weight is 196 g/mol. The first kappa shape index (κ1) is 8.36. The molecule has 5 nitrogen and oxygen atoms in total. The quantitative estimate of drug-likeness (QED) is 0.582. The topological polar surface area (TPSA) is 51.1 Å². The van der Waals surface area contributed by atoms with Crippen LogP contribution in [0.15, 0.2) is 35.4 Å². The number of nitrogens with one attached hydrogen (secondary N) is 1. The van der Waals surface area contributed by atoms with Gasteiger partial charge in [0, 0.05) is 5.28 Å². The number of nitrogens with zero attached hydrogens (tertiary/aromatic N) is 3. The van der Waals surface area contributed by atoms with Gasteiger partial charge in [-0.1, -0.05) is 18.2 Å².